The van der Waals surface area contributed by atoms with Gasteiger partial charge in [0.1, 0.15) is 17.8 Å². The third kappa shape index (κ3) is 4.64. The molecule has 9 nitrogen and oxygen atoms in total. The van der Waals surface area contributed by atoms with Crippen molar-refractivity contribution in [2.75, 3.05) is 51.0 Å². The molecule has 2 aliphatic heterocycles. The van der Waals surface area contributed by atoms with Crippen molar-refractivity contribution in [2.45, 2.75) is 56.5 Å². The van der Waals surface area contributed by atoms with Crippen molar-refractivity contribution in [1.82, 2.24) is 24.2 Å². The monoisotopic (exact) mass is 462 g/mol. The van der Waals surface area contributed by atoms with Gasteiger partial charge in [-0.1, -0.05) is 0 Å². The van der Waals surface area contributed by atoms with Crippen molar-refractivity contribution in [3.8, 4) is 0 Å². The Morgan fingerprint density at radius 2 is 1.75 bits per heavy atom. The molecule has 2 saturated heterocycles. The SMILES string of the molecule is CS(=O)(=O)N1CCN(C2CCC(Nc3ncnc4[nH]cc(C5CCOCC5)c34)CC2)CC1. The van der Waals surface area contributed by atoms with Crippen molar-refractivity contribution in [3.05, 3.63) is 18.1 Å². The number of ether oxygens (including phenoxy) is 1. The van der Waals surface area contributed by atoms with Gasteiger partial charge in [0, 0.05) is 57.7 Å². The molecule has 0 amide bonds. The highest BCUT2D eigenvalue weighted by atomic mass is 32.2. The first-order valence-corrected chi connectivity index (χ1v) is 13.7. The Kier molecular flexibility index (Phi) is 6.37. The molecule has 0 unspecified atom stereocenters. The molecular weight excluding hydrogens is 428 g/mol. The molecule has 2 N–H and O–H groups in total. The number of anilines is 1. The molecule has 0 aromatic carbocycles. The highest BCUT2D eigenvalue weighted by Gasteiger charge is 2.31. The average molecular weight is 463 g/mol. The van der Waals surface area contributed by atoms with Gasteiger partial charge in [0.15, 0.2) is 0 Å². The second-order valence-electron chi connectivity index (χ2n) is 9.42. The van der Waals surface area contributed by atoms with Crippen LogP contribution in [-0.4, -0.2) is 90.3 Å². The first-order chi connectivity index (χ1) is 15.5. The summed E-state index contributed by atoms with van der Waals surface area (Å²) in [4.78, 5) is 14.9. The molecule has 10 heteroatoms. The zero-order valence-electron chi connectivity index (χ0n) is 18.8. The van der Waals surface area contributed by atoms with E-state index >= 15 is 0 Å². The molecule has 2 aromatic heterocycles. The van der Waals surface area contributed by atoms with Crippen LogP contribution in [0.1, 0.15) is 50.0 Å². The van der Waals surface area contributed by atoms with Crippen molar-refractivity contribution in [3.63, 3.8) is 0 Å². The molecule has 1 saturated carbocycles. The van der Waals surface area contributed by atoms with E-state index in [4.69, 9.17) is 4.74 Å². The third-order valence-corrected chi connectivity index (χ3v) is 8.76. The van der Waals surface area contributed by atoms with Gasteiger partial charge in [-0.25, -0.2) is 18.4 Å². The topological polar surface area (TPSA) is 103 Å². The van der Waals surface area contributed by atoms with Crippen LogP contribution >= 0.6 is 0 Å². The van der Waals surface area contributed by atoms with E-state index in [1.807, 2.05) is 0 Å². The predicted molar refractivity (Wildman–Crippen MR) is 124 cm³/mol. The fraction of sp³-hybridized carbons (Fsp3) is 0.727. The third-order valence-electron chi connectivity index (χ3n) is 7.46. The smallest absolute Gasteiger partial charge is 0.211 e. The van der Waals surface area contributed by atoms with Crippen molar-refractivity contribution >= 4 is 26.9 Å². The second-order valence-corrected chi connectivity index (χ2v) is 11.4. The van der Waals surface area contributed by atoms with Crippen LogP contribution in [-0.2, 0) is 14.8 Å². The lowest BCUT2D eigenvalue weighted by Crippen LogP contribution is -2.52. The number of aromatic nitrogens is 3. The molecule has 3 fully saturated rings. The number of H-pyrrole nitrogens is 1. The van der Waals surface area contributed by atoms with Crippen molar-refractivity contribution in [2.24, 2.45) is 0 Å². The normalized spacial score (nSPS) is 27.0. The molecule has 4 heterocycles. The number of fused-ring (bicyclic) bond motifs is 1. The fourth-order valence-electron chi connectivity index (χ4n) is 5.61. The lowest BCUT2D eigenvalue weighted by molar-refractivity contribution is 0.0856. The summed E-state index contributed by atoms with van der Waals surface area (Å²) in [5.74, 6) is 1.44. The highest BCUT2D eigenvalue weighted by molar-refractivity contribution is 7.88. The second kappa shape index (κ2) is 9.24. The average Bonchev–Trinajstić information content (AvgIpc) is 3.25. The van der Waals surface area contributed by atoms with Crippen LogP contribution in [0.2, 0.25) is 0 Å². The van der Waals surface area contributed by atoms with Crippen molar-refractivity contribution < 1.29 is 13.2 Å². The Morgan fingerprint density at radius 1 is 1.03 bits per heavy atom. The number of rotatable bonds is 5. The summed E-state index contributed by atoms with van der Waals surface area (Å²) in [7, 11) is -3.07. The summed E-state index contributed by atoms with van der Waals surface area (Å²) in [6, 6.07) is 0.948. The number of piperazine rings is 1. The van der Waals surface area contributed by atoms with Crippen LogP contribution in [0, 0.1) is 0 Å². The molecule has 0 bridgehead atoms. The van der Waals surface area contributed by atoms with Gasteiger partial charge in [-0.3, -0.25) is 4.90 Å². The Hall–Kier alpha value is -1.75. The highest BCUT2D eigenvalue weighted by Crippen LogP contribution is 2.36. The van der Waals surface area contributed by atoms with Crippen LogP contribution < -0.4 is 5.32 Å². The number of hydrogen-bond acceptors (Lipinski definition) is 7. The fourth-order valence-corrected chi connectivity index (χ4v) is 6.43. The first kappa shape index (κ1) is 22.1. The zero-order chi connectivity index (χ0) is 22.1. The first-order valence-electron chi connectivity index (χ1n) is 11.8. The standard InChI is InChI=1S/C22H34N6O3S/c1-32(29,30)28-10-8-27(9-11-28)18-4-2-17(3-5-18)26-22-20-19(16-6-12-31-13-7-16)14-23-21(20)24-15-25-22/h14-18H,2-13H2,1H3,(H2,23,24,25,26). The molecule has 0 radical (unpaired) electrons. The zero-order valence-corrected chi connectivity index (χ0v) is 19.6. The molecular formula is C22H34N6O3S. The van der Waals surface area contributed by atoms with E-state index in [0.717, 1.165) is 81.7 Å². The Bertz CT molecular complexity index is 1020. The minimum Gasteiger partial charge on any atom is -0.381 e. The van der Waals surface area contributed by atoms with E-state index in [1.165, 1.54) is 11.8 Å². The molecule has 3 aliphatic rings. The molecule has 0 atom stereocenters. The van der Waals surface area contributed by atoms with Gasteiger partial charge in [-0.15, -0.1) is 0 Å². The van der Waals surface area contributed by atoms with Gasteiger partial charge < -0.3 is 15.0 Å². The molecule has 1 aliphatic carbocycles. The number of nitrogens with zero attached hydrogens (tertiary/aromatic N) is 4. The molecule has 2 aromatic rings. The summed E-state index contributed by atoms with van der Waals surface area (Å²) in [6.45, 7) is 4.52. The number of sulfonamides is 1. The van der Waals surface area contributed by atoms with E-state index in [1.54, 1.807) is 10.6 Å². The number of aromatic amines is 1. The van der Waals surface area contributed by atoms with Gasteiger partial charge in [0.25, 0.3) is 0 Å². The van der Waals surface area contributed by atoms with Gasteiger partial charge >= 0.3 is 0 Å². The maximum atomic E-state index is 11.8. The quantitative estimate of drug-likeness (QED) is 0.702. The molecule has 176 valence electrons. The lowest BCUT2D eigenvalue weighted by Gasteiger charge is -2.41. The number of nitrogens with one attached hydrogen (secondary N) is 2. The maximum absolute atomic E-state index is 11.8. The summed E-state index contributed by atoms with van der Waals surface area (Å²) in [5, 5.41) is 4.87. The maximum Gasteiger partial charge on any atom is 0.211 e. The molecule has 32 heavy (non-hydrogen) atoms. The van der Waals surface area contributed by atoms with Crippen LogP contribution in [0.25, 0.3) is 11.0 Å². The van der Waals surface area contributed by atoms with Gasteiger partial charge in [-0.05, 0) is 50.0 Å². The van der Waals surface area contributed by atoms with Gasteiger partial charge in [0.2, 0.25) is 10.0 Å². The van der Waals surface area contributed by atoms with Crippen molar-refractivity contribution in [1.29, 1.82) is 0 Å². The molecule has 0 spiro atoms. The molecule has 5 rings (SSSR count). The van der Waals surface area contributed by atoms with E-state index in [9.17, 15) is 8.42 Å². The summed E-state index contributed by atoms with van der Waals surface area (Å²) in [6.07, 6.45) is 11.6. The van der Waals surface area contributed by atoms with E-state index in [-0.39, 0.29) is 0 Å². The predicted octanol–water partition coefficient (Wildman–Crippen LogP) is 2.15. The van der Waals surface area contributed by atoms with Gasteiger partial charge in [0.05, 0.1) is 11.6 Å². The minimum absolute atomic E-state index is 0.402. The Balaban J connectivity index is 1.21. The van der Waals surface area contributed by atoms with E-state index in [2.05, 4.69) is 31.4 Å². The van der Waals surface area contributed by atoms with Crippen LogP contribution in [0.15, 0.2) is 12.5 Å². The van der Waals surface area contributed by atoms with Crippen LogP contribution in [0.4, 0.5) is 5.82 Å². The minimum atomic E-state index is -3.07. The summed E-state index contributed by atoms with van der Waals surface area (Å²) >= 11 is 0. The lowest BCUT2D eigenvalue weighted by atomic mass is 9.89. The summed E-state index contributed by atoms with van der Waals surface area (Å²) < 4.78 is 30.7. The summed E-state index contributed by atoms with van der Waals surface area (Å²) in [5.41, 5.74) is 2.21. The van der Waals surface area contributed by atoms with Gasteiger partial charge in [-0.2, -0.15) is 4.31 Å². The van der Waals surface area contributed by atoms with E-state index in [0.29, 0.717) is 31.1 Å². The van der Waals surface area contributed by atoms with Crippen LogP contribution in [0.5, 0.6) is 0 Å². The number of hydrogen-bond donors (Lipinski definition) is 2. The Morgan fingerprint density at radius 3 is 2.44 bits per heavy atom. The Labute approximate surface area is 190 Å². The largest absolute Gasteiger partial charge is 0.381 e. The van der Waals surface area contributed by atoms with Crippen LogP contribution in [0.3, 0.4) is 0 Å². The van der Waals surface area contributed by atoms with E-state index < -0.39 is 10.0 Å².